The molecular weight excluding hydrogens is 334 g/mol. The molecule has 21 heavy (non-hydrogen) atoms. The van der Waals surface area contributed by atoms with E-state index >= 15 is 0 Å². The molecule has 5 nitrogen and oxygen atoms in total. The SMILES string of the molecule is COCCn1ncc(Br)c1C(N)C1(OC)CCCC(C)C1. The van der Waals surface area contributed by atoms with Crippen molar-refractivity contribution in [3.05, 3.63) is 16.4 Å². The lowest BCUT2D eigenvalue weighted by atomic mass is 9.74. The van der Waals surface area contributed by atoms with Gasteiger partial charge in [0.2, 0.25) is 0 Å². The second kappa shape index (κ2) is 7.22. The Balaban J connectivity index is 2.28. The molecule has 1 fully saturated rings. The largest absolute Gasteiger partial charge is 0.383 e. The Morgan fingerprint density at radius 2 is 2.33 bits per heavy atom. The summed E-state index contributed by atoms with van der Waals surface area (Å²) in [4.78, 5) is 0. The van der Waals surface area contributed by atoms with E-state index < -0.39 is 0 Å². The maximum absolute atomic E-state index is 6.64. The normalized spacial score (nSPS) is 27.8. The molecule has 0 bridgehead atoms. The first-order chi connectivity index (χ1) is 10.0. The van der Waals surface area contributed by atoms with Gasteiger partial charge >= 0.3 is 0 Å². The van der Waals surface area contributed by atoms with Crippen LogP contribution >= 0.6 is 15.9 Å². The summed E-state index contributed by atoms with van der Waals surface area (Å²) in [6.45, 7) is 3.58. The summed E-state index contributed by atoms with van der Waals surface area (Å²) in [6.07, 6.45) is 6.21. The highest BCUT2D eigenvalue weighted by atomic mass is 79.9. The fraction of sp³-hybridized carbons (Fsp3) is 0.800. The summed E-state index contributed by atoms with van der Waals surface area (Å²) in [7, 11) is 3.47. The molecule has 1 saturated carbocycles. The molecule has 3 atom stereocenters. The van der Waals surface area contributed by atoms with E-state index in [2.05, 4.69) is 28.0 Å². The Hall–Kier alpha value is -0.430. The minimum Gasteiger partial charge on any atom is -0.383 e. The highest BCUT2D eigenvalue weighted by molar-refractivity contribution is 9.10. The van der Waals surface area contributed by atoms with Crippen LogP contribution in [0.1, 0.15) is 44.3 Å². The molecule has 0 radical (unpaired) electrons. The molecule has 3 unspecified atom stereocenters. The average molecular weight is 360 g/mol. The van der Waals surface area contributed by atoms with Crippen molar-refractivity contribution in [2.75, 3.05) is 20.8 Å². The van der Waals surface area contributed by atoms with Gasteiger partial charge in [0.05, 0.1) is 41.2 Å². The quantitative estimate of drug-likeness (QED) is 0.847. The zero-order chi connectivity index (χ0) is 15.5. The minimum absolute atomic E-state index is 0.195. The van der Waals surface area contributed by atoms with Gasteiger partial charge in [-0.25, -0.2) is 0 Å². The Kier molecular flexibility index (Phi) is 5.82. The van der Waals surface area contributed by atoms with Crippen LogP contribution in [0.3, 0.4) is 0 Å². The van der Waals surface area contributed by atoms with E-state index in [9.17, 15) is 0 Å². The van der Waals surface area contributed by atoms with Crippen molar-refractivity contribution in [3.63, 3.8) is 0 Å². The summed E-state index contributed by atoms with van der Waals surface area (Å²) in [5.41, 5.74) is 7.34. The highest BCUT2D eigenvalue weighted by Gasteiger charge is 2.43. The smallest absolute Gasteiger partial charge is 0.0888 e. The minimum atomic E-state index is -0.301. The van der Waals surface area contributed by atoms with E-state index in [1.165, 1.54) is 6.42 Å². The predicted molar refractivity (Wildman–Crippen MR) is 86.1 cm³/mol. The molecule has 1 aromatic rings. The number of methoxy groups -OCH3 is 2. The lowest BCUT2D eigenvalue weighted by Gasteiger charge is -2.43. The fourth-order valence-corrected chi connectivity index (χ4v) is 3.97. The van der Waals surface area contributed by atoms with Crippen molar-refractivity contribution in [3.8, 4) is 0 Å². The first-order valence-electron chi connectivity index (χ1n) is 7.55. The maximum atomic E-state index is 6.64. The molecule has 0 aromatic carbocycles. The van der Waals surface area contributed by atoms with Gasteiger partial charge < -0.3 is 15.2 Å². The zero-order valence-corrected chi connectivity index (χ0v) is 14.7. The Morgan fingerprint density at radius 3 is 2.95 bits per heavy atom. The summed E-state index contributed by atoms with van der Waals surface area (Å²) >= 11 is 3.59. The van der Waals surface area contributed by atoms with Gasteiger partial charge in [-0.05, 0) is 34.7 Å². The molecule has 0 aliphatic heterocycles. The second-order valence-corrected chi connectivity index (χ2v) is 6.90. The third-order valence-electron chi connectivity index (χ3n) is 4.60. The van der Waals surface area contributed by atoms with Crippen LogP contribution in [0, 0.1) is 5.92 Å². The molecule has 0 amide bonds. The molecular formula is C15H26BrN3O2. The van der Waals surface area contributed by atoms with Gasteiger partial charge in [0.15, 0.2) is 0 Å². The number of hydrogen-bond donors (Lipinski definition) is 1. The van der Waals surface area contributed by atoms with Crippen molar-refractivity contribution in [1.29, 1.82) is 0 Å². The van der Waals surface area contributed by atoms with Gasteiger partial charge in [-0.2, -0.15) is 5.10 Å². The van der Waals surface area contributed by atoms with E-state index in [4.69, 9.17) is 15.2 Å². The van der Waals surface area contributed by atoms with Crippen LogP contribution in [0.2, 0.25) is 0 Å². The van der Waals surface area contributed by atoms with Crippen LogP contribution in [0.5, 0.6) is 0 Å². The van der Waals surface area contributed by atoms with E-state index in [0.717, 1.165) is 29.4 Å². The van der Waals surface area contributed by atoms with Gasteiger partial charge in [-0.15, -0.1) is 0 Å². The molecule has 6 heteroatoms. The third kappa shape index (κ3) is 3.50. The van der Waals surface area contributed by atoms with Gasteiger partial charge in [0.1, 0.15) is 0 Å². The van der Waals surface area contributed by atoms with Gasteiger partial charge in [-0.3, -0.25) is 4.68 Å². The summed E-state index contributed by atoms with van der Waals surface area (Å²) in [5, 5.41) is 4.41. The van der Waals surface area contributed by atoms with Gasteiger partial charge in [-0.1, -0.05) is 19.8 Å². The molecule has 2 N–H and O–H groups in total. The maximum Gasteiger partial charge on any atom is 0.0888 e. The topological polar surface area (TPSA) is 62.3 Å². The van der Waals surface area contributed by atoms with Crippen LogP contribution in [-0.2, 0) is 16.0 Å². The fourth-order valence-electron chi connectivity index (χ4n) is 3.42. The lowest BCUT2D eigenvalue weighted by Crippen LogP contribution is -2.47. The van der Waals surface area contributed by atoms with Crippen LogP contribution in [0.25, 0.3) is 0 Å². The van der Waals surface area contributed by atoms with Gasteiger partial charge in [0, 0.05) is 14.2 Å². The van der Waals surface area contributed by atoms with Crippen molar-refractivity contribution < 1.29 is 9.47 Å². The Bertz CT molecular complexity index is 466. The molecule has 120 valence electrons. The van der Waals surface area contributed by atoms with Crippen molar-refractivity contribution in [1.82, 2.24) is 9.78 Å². The Morgan fingerprint density at radius 1 is 1.57 bits per heavy atom. The Labute approximate surface area is 135 Å². The number of nitrogens with two attached hydrogens (primary N) is 1. The number of hydrogen-bond acceptors (Lipinski definition) is 4. The van der Waals surface area contributed by atoms with Gasteiger partial charge in [0.25, 0.3) is 0 Å². The molecule has 0 spiro atoms. The third-order valence-corrected chi connectivity index (χ3v) is 5.21. The number of aromatic nitrogens is 2. The molecule has 2 rings (SSSR count). The first-order valence-corrected chi connectivity index (χ1v) is 8.34. The van der Waals surface area contributed by atoms with E-state index in [-0.39, 0.29) is 11.6 Å². The second-order valence-electron chi connectivity index (χ2n) is 6.04. The molecule has 1 heterocycles. The average Bonchev–Trinajstić information content (AvgIpc) is 2.85. The van der Waals surface area contributed by atoms with E-state index in [0.29, 0.717) is 19.1 Å². The standard InChI is InChI=1S/C15H26BrN3O2/c1-11-5-4-6-15(9-11,21-3)14(17)13-12(16)10-18-19(13)7-8-20-2/h10-11,14H,4-9,17H2,1-3H3. The van der Waals surface area contributed by atoms with Crippen LogP contribution in [0.15, 0.2) is 10.7 Å². The van der Waals surface area contributed by atoms with E-state index in [1.807, 2.05) is 4.68 Å². The lowest BCUT2D eigenvalue weighted by molar-refractivity contribution is -0.0737. The number of halogens is 1. The molecule has 1 aliphatic carbocycles. The van der Waals surface area contributed by atoms with Crippen molar-refractivity contribution in [2.24, 2.45) is 11.7 Å². The van der Waals surface area contributed by atoms with E-state index in [1.54, 1.807) is 20.4 Å². The van der Waals surface area contributed by atoms with Crippen molar-refractivity contribution in [2.45, 2.75) is 50.8 Å². The predicted octanol–water partition coefficient (Wildman–Crippen LogP) is 2.89. The van der Waals surface area contributed by atoms with Crippen LogP contribution < -0.4 is 5.73 Å². The molecule has 1 aliphatic rings. The monoisotopic (exact) mass is 359 g/mol. The zero-order valence-electron chi connectivity index (χ0n) is 13.1. The number of rotatable bonds is 6. The number of nitrogens with zero attached hydrogens (tertiary/aromatic N) is 2. The summed E-state index contributed by atoms with van der Waals surface area (Å²) in [5.74, 6) is 0.638. The highest BCUT2D eigenvalue weighted by Crippen LogP contribution is 2.43. The summed E-state index contributed by atoms with van der Waals surface area (Å²) < 4.78 is 14.0. The van der Waals surface area contributed by atoms with Crippen LogP contribution in [0.4, 0.5) is 0 Å². The van der Waals surface area contributed by atoms with Crippen molar-refractivity contribution >= 4 is 15.9 Å². The summed E-state index contributed by atoms with van der Waals surface area (Å²) in [6, 6.07) is -0.195. The molecule has 1 aromatic heterocycles. The molecule has 0 saturated heterocycles. The number of ether oxygens (including phenoxy) is 2. The first kappa shape index (κ1) is 16.9. The van der Waals surface area contributed by atoms with Crippen LogP contribution in [-0.4, -0.2) is 36.2 Å².